The number of pyridine rings is 1. The van der Waals surface area contributed by atoms with Crippen LogP contribution in [0.2, 0.25) is 0 Å². The third-order valence-electron chi connectivity index (χ3n) is 3.63. The summed E-state index contributed by atoms with van der Waals surface area (Å²) in [5, 5.41) is 4.15. The molecule has 3 aromatic rings. The summed E-state index contributed by atoms with van der Waals surface area (Å²) in [6, 6.07) is 23.4. The summed E-state index contributed by atoms with van der Waals surface area (Å²) in [5.74, 6) is -0.323. The Labute approximate surface area is 140 Å². The molecule has 0 spiro atoms. The number of carbonyl (C=O) groups is 1. The number of nitrogens with one attached hydrogen (secondary N) is 1. The average molecular weight is 315 g/mol. The maximum absolute atomic E-state index is 11.9. The van der Waals surface area contributed by atoms with Crippen molar-refractivity contribution in [3.8, 4) is 11.1 Å². The molecule has 1 aromatic heterocycles. The van der Waals surface area contributed by atoms with Crippen LogP contribution >= 0.6 is 0 Å². The number of carbonyl (C=O) groups excluding carboxylic acids is 1. The number of hydrazone groups is 1. The van der Waals surface area contributed by atoms with E-state index in [1.807, 2.05) is 49.4 Å². The van der Waals surface area contributed by atoms with E-state index in [1.165, 1.54) is 5.56 Å². The van der Waals surface area contributed by atoms with Crippen molar-refractivity contribution in [3.63, 3.8) is 0 Å². The molecule has 0 atom stereocenters. The molecule has 118 valence electrons. The van der Waals surface area contributed by atoms with Crippen molar-refractivity contribution in [2.24, 2.45) is 5.10 Å². The number of amides is 1. The van der Waals surface area contributed by atoms with Crippen molar-refractivity contribution in [3.05, 3.63) is 90.3 Å². The molecule has 1 amide bonds. The molecule has 0 aliphatic carbocycles. The Balaban J connectivity index is 1.71. The van der Waals surface area contributed by atoms with Gasteiger partial charge >= 0.3 is 0 Å². The van der Waals surface area contributed by atoms with E-state index in [0.29, 0.717) is 5.69 Å². The van der Waals surface area contributed by atoms with E-state index in [9.17, 15) is 4.79 Å². The molecule has 1 heterocycles. The average Bonchev–Trinajstić information content (AvgIpc) is 2.67. The van der Waals surface area contributed by atoms with Crippen LogP contribution in [-0.4, -0.2) is 16.6 Å². The third kappa shape index (κ3) is 3.73. The summed E-state index contributed by atoms with van der Waals surface area (Å²) >= 11 is 0. The first kappa shape index (κ1) is 15.6. The maximum atomic E-state index is 11.9. The first-order valence-electron chi connectivity index (χ1n) is 7.65. The van der Waals surface area contributed by atoms with Crippen LogP contribution in [0.4, 0.5) is 0 Å². The molecule has 0 fully saturated rings. The summed E-state index contributed by atoms with van der Waals surface area (Å²) < 4.78 is 0. The van der Waals surface area contributed by atoms with Crippen LogP contribution < -0.4 is 5.43 Å². The van der Waals surface area contributed by atoms with Crippen molar-refractivity contribution in [1.29, 1.82) is 0 Å². The van der Waals surface area contributed by atoms with Crippen LogP contribution in [-0.2, 0) is 0 Å². The SMILES string of the molecule is CC(=NNC(=O)c1ccccn1)c1ccc(-c2ccccc2)cc1. The Bertz CT molecular complexity index is 841. The summed E-state index contributed by atoms with van der Waals surface area (Å²) in [6.45, 7) is 1.86. The van der Waals surface area contributed by atoms with Gasteiger partial charge in [-0.15, -0.1) is 0 Å². The van der Waals surface area contributed by atoms with Crippen molar-refractivity contribution in [1.82, 2.24) is 10.4 Å². The van der Waals surface area contributed by atoms with E-state index in [0.717, 1.165) is 16.8 Å². The van der Waals surface area contributed by atoms with Gasteiger partial charge in [0.05, 0.1) is 5.71 Å². The van der Waals surface area contributed by atoms with Gasteiger partial charge in [0.2, 0.25) is 0 Å². The summed E-state index contributed by atoms with van der Waals surface area (Å²) in [6.07, 6.45) is 1.58. The van der Waals surface area contributed by atoms with E-state index in [2.05, 4.69) is 27.6 Å². The van der Waals surface area contributed by atoms with Crippen LogP contribution in [0.25, 0.3) is 11.1 Å². The first-order valence-corrected chi connectivity index (χ1v) is 7.65. The highest BCUT2D eigenvalue weighted by molar-refractivity contribution is 6.00. The minimum atomic E-state index is -0.323. The zero-order valence-electron chi connectivity index (χ0n) is 13.3. The van der Waals surface area contributed by atoms with Gasteiger partial charge < -0.3 is 0 Å². The van der Waals surface area contributed by atoms with E-state index in [-0.39, 0.29) is 5.91 Å². The smallest absolute Gasteiger partial charge is 0.266 e. The fourth-order valence-electron chi connectivity index (χ4n) is 2.29. The number of benzene rings is 2. The molecular weight excluding hydrogens is 298 g/mol. The number of nitrogens with zero attached hydrogens (tertiary/aromatic N) is 2. The van der Waals surface area contributed by atoms with Gasteiger partial charge in [-0.05, 0) is 35.7 Å². The molecule has 0 saturated carbocycles. The molecule has 4 nitrogen and oxygen atoms in total. The van der Waals surface area contributed by atoms with E-state index in [4.69, 9.17) is 0 Å². The normalized spacial score (nSPS) is 11.1. The largest absolute Gasteiger partial charge is 0.289 e. The van der Waals surface area contributed by atoms with Crippen LogP contribution in [0.5, 0.6) is 0 Å². The Morgan fingerprint density at radius 1 is 0.875 bits per heavy atom. The van der Waals surface area contributed by atoms with Crippen molar-refractivity contribution in [2.45, 2.75) is 6.92 Å². The highest BCUT2D eigenvalue weighted by Gasteiger charge is 2.05. The van der Waals surface area contributed by atoms with Gasteiger partial charge in [0, 0.05) is 6.20 Å². The van der Waals surface area contributed by atoms with Crippen molar-refractivity contribution >= 4 is 11.6 Å². The predicted octanol–water partition coefficient (Wildman–Crippen LogP) is 3.90. The lowest BCUT2D eigenvalue weighted by atomic mass is 10.0. The van der Waals surface area contributed by atoms with E-state index < -0.39 is 0 Å². The molecule has 2 aromatic carbocycles. The molecule has 4 heteroatoms. The number of aromatic nitrogens is 1. The topological polar surface area (TPSA) is 54.4 Å². The van der Waals surface area contributed by atoms with Crippen LogP contribution in [0.3, 0.4) is 0 Å². The molecular formula is C20H17N3O. The van der Waals surface area contributed by atoms with Gasteiger partial charge in [0.15, 0.2) is 0 Å². The highest BCUT2D eigenvalue weighted by Crippen LogP contribution is 2.19. The lowest BCUT2D eigenvalue weighted by molar-refractivity contribution is 0.0950. The monoisotopic (exact) mass is 315 g/mol. The Morgan fingerprint density at radius 3 is 2.21 bits per heavy atom. The molecule has 3 rings (SSSR count). The second-order valence-electron chi connectivity index (χ2n) is 5.30. The molecule has 0 aliphatic rings. The quantitative estimate of drug-likeness (QED) is 0.586. The zero-order chi connectivity index (χ0) is 16.8. The second kappa shape index (κ2) is 7.33. The number of hydrogen-bond acceptors (Lipinski definition) is 3. The molecule has 0 radical (unpaired) electrons. The minimum Gasteiger partial charge on any atom is -0.266 e. The third-order valence-corrected chi connectivity index (χ3v) is 3.63. The van der Waals surface area contributed by atoms with Gasteiger partial charge in [-0.2, -0.15) is 5.10 Å². The molecule has 24 heavy (non-hydrogen) atoms. The van der Waals surface area contributed by atoms with Crippen LogP contribution in [0.1, 0.15) is 23.0 Å². The molecule has 0 saturated heterocycles. The Morgan fingerprint density at radius 2 is 1.54 bits per heavy atom. The molecule has 0 bridgehead atoms. The Hall–Kier alpha value is -3.27. The zero-order valence-corrected chi connectivity index (χ0v) is 13.3. The van der Waals surface area contributed by atoms with Gasteiger partial charge in [-0.25, -0.2) is 5.43 Å². The van der Waals surface area contributed by atoms with E-state index >= 15 is 0 Å². The summed E-state index contributed by atoms with van der Waals surface area (Å²) in [7, 11) is 0. The lowest BCUT2D eigenvalue weighted by Gasteiger charge is -2.05. The Kier molecular flexibility index (Phi) is 4.77. The standard InChI is InChI=1S/C20H17N3O/c1-15(22-23-20(24)19-9-5-6-14-21-19)16-10-12-18(13-11-16)17-7-3-2-4-8-17/h2-14H,1H3,(H,23,24). The van der Waals surface area contributed by atoms with Gasteiger partial charge in [0.1, 0.15) is 5.69 Å². The van der Waals surface area contributed by atoms with Crippen molar-refractivity contribution in [2.75, 3.05) is 0 Å². The number of hydrogen-bond donors (Lipinski definition) is 1. The fraction of sp³-hybridized carbons (Fsp3) is 0.0500. The van der Waals surface area contributed by atoms with Gasteiger partial charge in [0.25, 0.3) is 5.91 Å². The summed E-state index contributed by atoms with van der Waals surface area (Å²) in [5.41, 5.74) is 6.87. The maximum Gasteiger partial charge on any atom is 0.289 e. The molecule has 0 aliphatic heterocycles. The number of rotatable bonds is 4. The highest BCUT2D eigenvalue weighted by atomic mass is 16.2. The molecule has 1 N–H and O–H groups in total. The summed E-state index contributed by atoms with van der Waals surface area (Å²) in [4.78, 5) is 15.9. The molecule has 0 unspecified atom stereocenters. The first-order chi connectivity index (χ1) is 11.7. The van der Waals surface area contributed by atoms with Crippen LogP contribution in [0.15, 0.2) is 84.1 Å². The van der Waals surface area contributed by atoms with Crippen LogP contribution in [0, 0.1) is 0 Å². The van der Waals surface area contributed by atoms with Gasteiger partial charge in [-0.3, -0.25) is 9.78 Å². The van der Waals surface area contributed by atoms with Gasteiger partial charge in [-0.1, -0.05) is 60.7 Å². The minimum absolute atomic E-state index is 0.323. The fourth-order valence-corrected chi connectivity index (χ4v) is 2.29. The predicted molar refractivity (Wildman–Crippen MR) is 95.8 cm³/mol. The van der Waals surface area contributed by atoms with E-state index in [1.54, 1.807) is 24.4 Å². The lowest BCUT2D eigenvalue weighted by Crippen LogP contribution is -2.20. The second-order valence-corrected chi connectivity index (χ2v) is 5.30. The van der Waals surface area contributed by atoms with Crippen molar-refractivity contribution < 1.29 is 4.79 Å².